The Labute approximate surface area is 162 Å². The Morgan fingerprint density at radius 1 is 1.04 bits per heavy atom. The molecule has 0 spiro atoms. The van der Waals surface area contributed by atoms with Crippen molar-refractivity contribution in [2.75, 3.05) is 34.4 Å². The predicted octanol–water partition coefficient (Wildman–Crippen LogP) is 3.04. The molecule has 0 fully saturated rings. The van der Waals surface area contributed by atoms with Crippen LogP contribution in [-0.4, -0.2) is 40.4 Å². The van der Waals surface area contributed by atoms with Crippen LogP contribution in [-0.2, 0) is 6.54 Å². The van der Waals surface area contributed by atoms with Gasteiger partial charge in [0.05, 0.1) is 27.9 Å². The van der Waals surface area contributed by atoms with E-state index in [0.717, 1.165) is 24.6 Å². The van der Waals surface area contributed by atoms with Crippen LogP contribution in [0.4, 0.5) is 0 Å². The lowest BCUT2D eigenvalue weighted by molar-refractivity contribution is 0.324. The highest BCUT2D eigenvalue weighted by molar-refractivity contribution is 14.0. The fourth-order valence-electron chi connectivity index (χ4n) is 2.04. The largest absolute Gasteiger partial charge is 0.493 e. The second-order valence-corrected chi connectivity index (χ2v) is 5.50. The molecule has 0 bridgehead atoms. The molecule has 138 valence electrons. The van der Waals surface area contributed by atoms with Crippen LogP contribution >= 0.6 is 24.0 Å². The second kappa shape index (κ2) is 12.0. The molecule has 0 atom stereocenters. The van der Waals surface area contributed by atoms with E-state index in [1.54, 1.807) is 21.3 Å². The van der Waals surface area contributed by atoms with Crippen molar-refractivity contribution >= 4 is 29.9 Å². The van der Waals surface area contributed by atoms with E-state index in [2.05, 4.69) is 29.5 Å². The first-order chi connectivity index (χ1) is 11.0. The van der Waals surface area contributed by atoms with Crippen LogP contribution in [0.3, 0.4) is 0 Å². The molecule has 2 N–H and O–H groups in total. The summed E-state index contributed by atoms with van der Waals surface area (Å²) >= 11 is 0. The summed E-state index contributed by atoms with van der Waals surface area (Å²) in [5.74, 6) is 3.22. The molecule has 1 aromatic carbocycles. The van der Waals surface area contributed by atoms with E-state index >= 15 is 0 Å². The number of hydrogen-bond donors (Lipinski definition) is 2. The number of rotatable bonds is 8. The molecular formula is C17H30IN3O3. The minimum Gasteiger partial charge on any atom is -0.493 e. The summed E-state index contributed by atoms with van der Waals surface area (Å²) in [5.41, 5.74) is 0.987. The number of nitrogens with zero attached hydrogens (tertiary/aromatic N) is 1. The summed E-state index contributed by atoms with van der Waals surface area (Å²) in [6.45, 7) is 8.59. The lowest BCUT2D eigenvalue weighted by Gasteiger charge is -2.15. The molecule has 1 aromatic rings. The lowest BCUT2D eigenvalue weighted by atomic mass is 10.2. The van der Waals surface area contributed by atoms with Crippen molar-refractivity contribution in [3.05, 3.63) is 17.7 Å². The molecule has 0 aromatic heterocycles. The van der Waals surface area contributed by atoms with Crippen molar-refractivity contribution in [3.63, 3.8) is 0 Å². The van der Waals surface area contributed by atoms with Gasteiger partial charge in [-0.3, -0.25) is 0 Å². The first-order valence-electron chi connectivity index (χ1n) is 7.86. The van der Waals surface area contributed by atoms with E-state index < -0.39 is 0 Å². The van der Waals surface area contributed by atoms with Crippen molar-refractivity contribution in [3.8, 4) is 17.2 Å². The van der Waals surface area contributed by atoms with Crippen LogP contribution in [0.5, 0.6) is 17.2 Å². The molecule has 1 rings (SSSR count). The van der Waals surface area contributed by atoms with Gasteiger partial charge >= 0.3 is 0 Å². The lowest BCUT2D eigenvalue weighted by Crippen LogP contribution is -2.39. The number of hydrogen-bond acceptors (Lipinski definition) is 4. The van der Waals surface area contributed by atoms with Gasteiger partial charge in [0.15, 0.2) is 17.5 Å². The van der Waals surface area contributed by atoms with Crippen molar-refractivity contribution in [2.24, 2.45) is 10.9 Å². The van der Waals surface area contributed by atoms with E-state index in [4.69, 9.17) is 14.2 Å². The number of aliphatic imine (C=N–C) groups is 1. The highest BCUT2D eigenvalue weighted by atomic mass is 127. The fourth-order valence-corrected chi connectivity index (χ4v) is 2.04. The van der Waals surface area contributed by atoms with Crippen LogP contribution in [0.2, 0.25) is 0 Å². The number of benzene rings is 1. The molecule has 0 aliphatic carbocycles. The number of methoxy groups -OCH3 is 3. The zero-order chi connectivity index (χ0) is 17.2. The summed E-state index contributed by atoms with van der Waals surface area (Å²) < 4.78 is 16.1. The summed E-state index contributed by atoms with van der Waals surface area (Å²) in [7, 11) is 4.81. The monoisotopic (exact) mass is 451 g/mol. The molecule has 0 heterocycles. The Bertz CT molecular complexity index is 497. The quantitative estimate of drug-likeness (QED) is 0.362. The van der Waals surface area contributed by atoms with Crippen molar-refractivity contribution < 1.29 is 14.2 Å². The van der Waals surface area contributed by atoms with E-state index in [0.29, 0.717) is 29.7 Å². The minimum atomic E-state index is 0. The number of guanidine groups is 1. The van der Waals surface area contributed by atoms with Gasteiger partial charge in [0.25, 0.3) is 0 Å². The molecule has 0 saturated carbocycles. The third kappa shape index (κ3) is 7.02. The number of nitrogens with one attached hydrogen (secondary N) is 2. The maximum absolute atomic E-state index is 5.37. The van der Waals surface area contributed by atoms with Crippen LogP contribution in [0.15, 0.2) is 17.1 Å². The van der Waals surface area contributed by atoms with Gasteiger partial charge in [0.1, 0.15) is 0 Å². The maximum atomic E-state index is 5.37. The average Bonchev–Trinajstić information content (AvgIpc) is 2.55. The zero-order valence-corrected chi connectivity index (χ0v) is 17.8. The smallest absolute Gasteiger partial charge is 0.203 e. The predicted molar refractivity (Wildman–Crippen MR) is 109 cm³/mol. The molecule has 0 radical (unpaired) electrons. The van der Waals surface area contributed by atoms with Gasteiger partial charge in [-0.15, -0.1) is 24.0 Å². The highest BCUT2D eigenvalue weighted by Crippen LogP contribution is 2.38. The van der Waals surface area contributed by atoms with Gasteiger partial charge in [0.2, 0.25) is 5.75 Å². The highest BCUT2D eigenvalue weighted by Gasteiger charge is 2.13. The molecule has 0 aliphatic heterocycles. The molecule has 0 saturated heterocycles. The molecule has 0 amide bonds. The topological polar surface area (TPSA) is 64.1 Å². The SMILES string of the molecule is CCNC(=NCc1cc(OC)c(OC)c(OC)c1)NCC(C)C.I. The number of ether oxygens (including phenoxy) is 3. The maximum Gasteiger partial charge on any atom is 0.203 e. The molecule has 6 nitrogen and oxygen atoms in total. The van der Waals surface area contributed by atoms with Gasteiger partial charge in [0, 0.05) is 13.1 Å². The van der Waals surface area contributed by atoms with Crippen LogP contribution in [0.1, 0.15) is 26.3 Å². The minimum absolute atomic E-state index is 0. The summed E-state index contributed by atoms with van der Waals surface area (Å²) in [6, 6.07) is 3.83. The molecule has 7 heteroatoms. The molecule has 24 heavy (non-hydrogen) atoms. The molecule has 0 unspecified atom stereocenters. The molecular weight excluding hydrogens is 421 g/mol. The normalized spacial score (nSPS) is 10.9. The summed E-state index contributed by atoms with van der Waals surface area (Å²) in [6.07, 6.45) is 0. The van der Waals surface area contributed by atoms with Crippen LogP contribution < -0.4 is 24.8 Å². The Kier molecular flexibility index (Phi) is 11.4. The van der Waals surface area contributed by atoms with E-state index in [1.165, 1.54) is 0 Å². The first-order valence-corrected chi connectivity index (χ1v) is 7.86. The number of halogens is 1. The van der Waals surface area contributed by atoms with E-state index in [1.807, 2.05) is 19.1 Å². The Morgan fingerprint density at radius 3 is 2.04 bits per heavy atom. The Morgan fingerprint density at radius 2 is 1.62 bits per heavy atom. The van der Waals surface area contributed by atoms with Crippen molar-refractivity contribution in [1.82, 2.24) is 10.6 Å². The van der Waals surface area contributed by atoms with Crippen LogP contribution in [0, 0.1) is 5.92 Å². The third-order valence-electron chi connectivity index (χ3n) is 3.17. The Balaban J connectivity index is 0.00000529. The third-order valence-corrected chi connectivity index (χ3v) is 3.17. The molecule has 0 aliphatic rings. The van der Waals surface area contributed by atoms with Crippen molar-refractivity contribution in [2.45, 2.75) is 27.3 Å². The first kappa shape index (κ1) is 22.6. The van der Waals surface area contributed by atoms with Gasteiger partial charge in [-0.25, -0.2) is 4.99 Å². The van der Waals surface area contributed by atoms with Gasteiger partial charge in [-0.1, -0.05) is 13.8 Å². The second-order valence-electron chi connectivity index (χ2n) is 5.50. The average molecular weight is 451 g/mol. The van der Waals surface area contributed by atoms with Crippen molar-refractivity contribution in [1.29, 1.82) is 0 Å². The fraction of sp³-hybridized carbons (Fsp3) is 0.588. The zero-order valence-electron chi connectivity index (χ0n) is 15.4. The van der Waals surface area contributed by atoms with E-state index in [-0.39, 0.29) is 24.0 Å². The summed E-state index contributed by atoms with van der Waals surface area (Å²) in [5, 5.41) is 6.56. The van der Waals surface area contributed by atoms with E-state index in [9.17, 15) is 0 Å². The standard InChI is InChI=1S/C17H29N3O3.HI/c1-7-18-17(19-10-12(2)3)20-11-13-8-14(21-4)16(23-6)15(9-13)22-5;/h8-9,12H,7,10-11H2,1-6H3,(H2,18,19,20);1H. The summed E-state index contributed by atoms with van der Waals surface area (Å²) in [4.78, 5) is 4.60. The van der Waals surface area contributed by atoms with Crippen LogP contribution in [0.25, 0.3) is 0 Å². The Hall–Kier alpha value is -1.38. The van der Waals surface area contributed by atoms with Gasteiger partial charge < -0.3 is 24.8 Å². The van der Waals surface area contributed by atoms with Gasteiger partial charge in [-0.05, 0) is 30.5 Å². The van der Waals surface area contributed by atoms with Gasteiger partial charge in [-0.2, -0.15) is 0 Å².